The van der Waals surface area contributed by atoms with E-state index < -0.39 is 86.8 Å². The average molecular weight is 1080 g/mol. The number of hydrogen-bond donors (Lipinski definition) is 9. The minimum atomic E-state index is -1.80. The second kappa shape index (κ2) is 47.0. The quantitative estimate of drug-likeness (QED) is 0.0205. The molecule has 436 valence electrons. The number of unbranched alkanes of at least 4 members (excludes halogenated alkanes) is 10. The molecular formula is C63H101NO13. The van der Waals surface area contributed by atoms with Crippen molar-refractivity contribution in [2.75, 3.05) is 19.8 Å². The van der Waals surface area contributed by atoms with E-state index in [2.05, 4.69) is 141 Å². The minimum absolute atomic E-state index is 0.243. The molecule has 0 aromatic heterocycles. The molecule has 0 radical (unpaired) electrons. The Labute approximate surface area is 462 Å². The number of aliphatic hydroxyl groups excluding tert-OH is 8. The van der Waals surface area contributed by atoms with Gasteiger partial charge < -0.3 is 65.1 Å². The van der Waals surface area contributed by atoms with Gasteiger partial charge in [0.15, 0.2) is 12.6 Å². The van der Waals surface area contributed by atoms with Crippen LogP contribution in [0.2, 0.25) is 0 Å². The van der Waals surface area contributed by atoms with E-state index in [1.165, 1.54) is 12.8 Å². The summed E-state index contributed by atoms with van der Waals surface area (Å²) in [6.07, 6.45) is 52.1. The number of carbonyl (C=O) groups is 1. The lowest BCUT2D eigenvalue weighted by atomic mass is 9.97. The summed E-state index contributed by atoms with van der Waals surface area (Å²) in [7, 11) is 0. The summed E-state index contributed by atoms with van der Waals surface area (Å²) in [5.74, 6) is -0.277. The lowest BCUT2D eigenvalue weighted by Gasteiger charge is -2.46. The highest BCUT2D eigenvalue weighted by molar-refractivity contribution is 5.76. The smallest absolute Gasteiger partial charge is 0.220 e. The number of nitrogens with one attached hydrogen (secondary N) is 1. The molecular weight excluding hydrogens is 979 g/mol. The molecule has 1 amide bonds. The van der Waals surface area contributed by atoms with Gasteiger partial charge in [-0.3, -0.25) is 4.79 Å². The van der Waals surface area contributed by atoms with Crippen molar-refractivity contribution in [1.82, 2.24) is 5.32 Å². The van der Waals surface area contributed by atoms with Gasteiger partial charge in [0.2, 0.25) is 5.91 Å². The zero-order valence-electron chi connectivity index (χ0n) is 46.6. The van der Waals surface area contributed by atoms with Crippen molar-refractivity contribution in [2.24, 2.45) is 0 Å². The van der Waals surface area contributed by atoms with Crippen LogP contribution < -0.4 is 5.32 Å². The molecule has 2 aliphatic rings. The van der Waals surface area contributed by atoms with Crippen molar-refractivity contribution in [3.05, 3.63) is 134 Å². The SMILES string of the molecule is CC/C=C\C/C=C\C/C=C\C/C=C\C/C=C\C/C=C\C/C=C\C/C=C\CCCCCCCCC(=O)NC(COC1OC(CO)C(OC2OC(CO)C(O)C(O)C2O)C(O)C1O)C(O)/C=C/CC/C=C/CC/C=C/CCCC. The Morgan fingerprint density at radius 1 is 0.481 bits per heavy atom. The van der Waals surface area contributed by atoms with Gasteiger partial charge in [-0.1, -0.05) is 186 Å². The van der Waals surface area contributed by atoms with Gasteiger partial charge in [0.25, 0.3) is 0 Å². The van der Waals surface area contributed by atoms with E-state index in [0.29, 0.717) is 12.8 Å². The molecule has 2 saturated heterocycles. The average Bonchev–Trinajstić information content (AvgIpc) is 3.43. The fraction of sp³-hybridized carbons (Fsp3) is 0.635. The normalized spacial score (nSPS) is 25.7. The summed E-state index contributed by atoms with van der Waals surface area (Å²) < 4.78 is 22.7. The number of rotatable bonds is 43. The molecule has 14 nitrogen and oxygen atoms in total. The van der Waals surface area contributed by atoms with Crippen molar-refractivity contribution in [1.29, 1.82) is 0 Å². The van der Waals surface area contributed by atoms with E-state index in [9.17, 15) is 45.6 Å². The first-order valence-corrected chi connectivity index (χ1v) is 28.9. The van der Waals surface area contributed by atoms with E-state index in [1.807, 2.05) is 6.08 Å². The van der Waals surface area contributed by atoms with Crippen LogP contribution in [0.25, 0.3) is 0 Å². The molecule has 77 heavy (non-hydrogen) atoms. The number of amides is 1. The highest BCUT2D eigenvalue weighted by Gasteiger charge is 2.51. The van der Waals surface area contributed by atoms with Gasteiger partial charge >= 0.3 is 0 Å². The van der Waals surface area contributed by atoms with Crippen LogP contribution in [-0.2, 0) is 23.7 Å². The molecule has 12 unspecified atom stereocenters. The van der Waals surface area contributed by atoms with Crippen LogP contribution in [0.4, 0.5) is 0 Å². The van der Waals surface area contributed by atoms with Gasteiger partial charge in [0.05, 0.1) is 32.0 Å². The summed E-state index contributed by atoms with van der Waals surface area (Å²) in [5.41, 5.74) is 0. The fourth-order valence-corrected chi connectivity index (χ4v) is 8.38. The Morgan fingerprint density at radius 2 is 0.909 bits per heavy atom. The van der Waals surface area contributed by atoms with Crippen LogP contribution in [0.1, 0.15) is 162 Å². The van der Waals surface area contributed by atoms with Crippen molar-refractivity contribution >= 4 is 5.91 Å². The van der Waals surface area contributed by atoms with Crippen LogP contribution in [0.5, 0.6) is 0 Å². The summed E-state index contributed by atoms with van der Waals surface area (Å²) in [4.78, 5) is 13.2. The molecule has 12 atom stereocenters. The number of allylic oxidation sites excluding steroid dienone is 21. The molecule has 0 spiro atoms. The van der Waals surface area contributed by atoms with Crippen LogP contribution >= 0.6 is 0 Å². The van der Waals surface area contributed by atoms with Crippen molar-refractivity contribution in [3.8, 4) is 0 Å². The second-order valence-electron chi connectivity index (χ2n) is 19.7. The molecule has 2 rings (SSSR count). The Hall–Kier alpha value is -3.87. The van der Waals surface area contributed by atoms with Gasteiger partial charge in [-0.25, -0.2) is 0 Å². The number of aliphatic hydroxyl groups is 8. The zero-order chi connectivity index (χ0) is 56.0. The monoisotopic (exact) mass is 1080 g/mol. The zero-order valence-corrected chi connectivity index (χ0v) is 46.6. The van der Waals surface area contributed by atoms with Crippen LogP contribution in [0.3, 0.4) is 0 Å². The van der Waals surface area contributed by atoms with E-state index in [-0.39, 0.29) is 18.9 Å². The van der Waals surface area contributed by atoms with E-state index in [1.54, 1.807) is 6.08 Å². The lowest BCUT2D eigenvalue weighted by molar-refractivity contribution is -0.359. The van der Waals surface area contributed by atoms with E-state index in [0.717, 1.165) is 116 Å². The van der Waals surface area contributed by atoms with Crippen molar-refractivity contribution in [2.45, 2.75) is 235 Å². The number of carbonyl (C=O) groups excluding carboxylic acids is 1. The van der Waals surface area contributed by atoms with Crippen LogP contribution in [0.15, 0.2) is 134 Å². The summed E-state index contributed by atoms with van der Waals surface area (Å²) in [6, 6.07) is -0.955. The molecule has 0 aliphatic carbocycles. The highest BCUT2D eigenvalue weighted by Crippen LogP contribution is 2.30. The molecule has 9 N–H and O–H groups in total. The van der Waals surface area contributed by atoms with Gasteiger partial charge in [-0.05, 0) is 103 Å². The third kappa shape index (κ3) is 32.7. The maximum atomic E-state index is 13.2. The van der Waals surface area contributed by atoms with E-state index >= 15 is 0 Å². The standard InChI is InChI=1S/C63H101NO13/c1-3-5-7-9-11-13-15-17-18-19-20-21-22-23-24-25-26-27-28-29-30-31-32-33-34-35-37-39-41-43-45-47-55(68)64-51(52(67)46-44-42-40-38-36-16-14-12-10-8-6-4-2)50-74-62-60(73)58(71)61(54(49-66)76-62)77-63-59(72)57(70)56(69)53(48-65)75-63/h5,7,10-13,17-18,20-21,23-24,26-27,29-30,32-33,36,38,44,46,51-54,56-63,65-67,69-73H,3-4,6,8-9,14-16,19,22,25,28,31,34-35,37,39-43,45,47-50H2,1-2H3,(H,64,68)/b7-5-,12-10+,13-11-,18-17-,21-20-,24-23-,27-26-,30-29-,33-32-,38-36+,46-44+. The van der Waals surface area contributed by atoms with Gasteiger partial charge in [0.1, 0.15) is 48.8 Å². The fourth-order valence-electron chi connectivity index (χ4n) is 8.38. The maximum absolute atomic E-state index is 13.2. The first kappa shape index (κ1) is 69.2. The molecule has 2 fully saturated rings. The Morgan fingerprint density at radius 3 is 1.43 bits per heavy atom. The molecule has 0 saturated carbocycles. The molecule has 14 heteroatoms. The van der Waals surface area contributed by atoms with Crippen LogP contribution in [0, 0.1) is 0 Å². The molecule has 0 aromatic carbocycles. The summed E-state index contributed by atoms with van der Waals surface area (Å²) >= 11 is 0. The molecule has 0 aromatic rings. The van der Waals surface area contributed by atoms with Gasteiger partial charge in [-0.15, -0.1) is 0 Å². The van der Waals surface area contributed by atoms with Crippen LogP contribution in [-0.4, -0.2) is 140 Å². The molecule has 2 aliphatic heterocycles. The predicted molar refractivity (Wildman–Crippen MR) is 308 cm³/mol. The summed E-state index contributed by atoms with van der Waals surface area (Å²) in [6.45, 7) is 2.55. The summed E-state index contributed by atoms with van der Waals surface area (Å²) in [5, 5.41) is 86.8. The van der Waals surface area contributed by atoms with Gasteiger partial charge in [0, 0.05) is 6.42 Å². The van der Waals surface area contributed by atoms with Crippen molar-refractivity contribution < 1.29 is 64.6 Å². The first-order chi connectivity index (χ1) is 37.6. The number of hydrogen-bond acceptors (Lipinski definition) is 13. The molecule has 0 bridgehead atoms. The third-order valence-corrected chi connectivity index (χ3v) is 13.0. The first-order valence-electron chi connectivity index (χ1n) is 28.9. The number of ether oxygens (including phenoxy) is 4. The van der Waals surface area contributed by atoms with E-state index in [4.69, 9.17) is 18.9 Å². The largest absolute Gasteiger partial charge is 0.394 e. The highest BCUT2D eigenvalue weighted by atomic mass is 16.7. The van der Waals surface area contributed by atoms with Crippen molar-refractivity contribution in [3.63, 3.8) is 0 Å². The van der Waals surface area contributed by atoms with Gasteiger partial charge in [-0.2, -0.15) is 0 Å². The second-order valence-corrected chi connectivity index (χ2v) is 19.7. The minimum Gasteiger partial charge on any atom is -0.394 e. The Kier molecular flexibility index (Phi) is 42.2. The lowest BCUT2D eigenvalue weighted by Crippen LogP contribution is -2.65. The topological polar surface area (TPSA) is 228 Å². The Bertz CT molecular complexity index is 1800. The third-order valence-electron chi connectivity index (χ3n) is 13.0. The Balaban J connectivity index is 1.73. The molecule has 2 heterocycles. The predicted octanol–water partition coefficient (Wildman–Crippen LogP) is 9.60. The maximum Gasteiger partial charge on any atom is 0.220 e.